The first-order chi connectivity index (χ1) is 11.5. The molecule has 0 fully saturated rings. The zero-order valence-electron chi connectivity index (χ0n) is 14.6. The first-order valence-corrected chi connectivity index (χ1v) is 8.99. The second-order valence-corrected chi connectivity index (χ2v) is 6.39. The summed E-state index contributed by atoms with van der Waals surface area (Å²) < 4.78 is 0. The predicted molar refractivity (Wildman–Crippen MR) is 95.7 cm³/mol. The highest BCUT2D eigenvalue weighted by molar-refractivity contribution is 5.95. The summed E-state index contributed by atoms with van der Waals surface area (Å²) in [6.07, 6.45) is 17.1. The maximum Gasteiger partial charge on any atom is 0.303 e. The number of rotatable bonds is 12. The molecule has 0 radical (unpaired) electrons. The molecule has 1 aliphatic carbocycles. The normalized spacial score (nSPS) is 22.0. The van der Waals surface area contributed by atoms with E-state index in [2.05, 4.69) is 19.1 Å². The van der Waals surface area contributed by atoms with Crippen molar-refractivity contribution in [2.24, 2.45) is 11.8 Å². The van der Waals surface area contributed by atoms with Crippen molar-refractivity contribution in [2.75, 3.05) is 0 Å². The maximum atomic E-state index is 12.0. The molecule has 0 saturated heterocycles. The van der Waals surface area contributed by atoms with E-state index in [0.29, 0.717) is 12.8 Å². The number of allylic oxidation sites excluding steroid dienone is 5. The quantitative estimate of drug-likeness (QED) is 0.417. The number of aliphatic hydroxyl groups is 1. The van der Waals surface area contributed by atoms with Gasteiger partial charge >= 0.3 is 5.97 Å². The maximum absolute atomic E-state index is 12.0. The van der Waals surface area contributed by atoms with Crippen LogP contribution in [0.25, 0.3) is 0 Å². The third-order valence-electron chi connectivity index (χ3n) is 4.28. The molecule has 0 aromatic heterocycles. The molecule has 24 heavy (non-hydrogen) atoms. The number of aliphatic carboxylic acids is 1. The van der Waals surface area contributed by atoms with Crippen molar-refractivity contribution < 1.29 is 19.8 Å². The second-order valence-electron chi connectivity index (χ2n) is 6.39. The van der Waals surface area contributed by atoms with Crippen LogP contribution in [0, 0.1) is 11.8 Å². The fraction of sp³-hybridized carbons (Fsp3) is 0.600. The Bertz CT molecular complexity index is 476. The molecule has 0 bridgehead atoms. The number of unbranched alkanes of at least 4 members (excludes halogenated alkanes) is 3. The van der Waals surface area contributed by atoms with Crippen molar-refractivity contribution >= 4 is 11.8 Å². The van der Waals surface area contributed by atoms with E-state index in [9.17, 15) is 14.7 Å². The molecule has 0 aromatic rings. The minimum absolute atomic E-state index is 0.0558. The van der Waals surface area contributed by atoms with E-state index < -0.39 is 12.1 Å². The number of ketones is 1. The van der Waals surface area contributed by atoms with E-state index in [1.807, 2.05) is 6.08 Å². The van der Waals surface area contributed by atoms with Crippen molar-refractivity contribution in [3.8, 4) is 0 Å². The van der Waals surface area contributed by atoms with Crippen LogP contribution in [0.4, 0.5) is 0 Å². The Morgan fingerprint density at radius 3 is 2.79 bits per heavy atom. The van der Waals surface area contributed by atoms with Crippen LogP contribution in [0.15, 0.2) is 36.5 Å². The Balaban J connectivity index is 2.39. The third-order valence-corrected chi connectivity index (χ3v) is 4.28. The van der Waals surface area contributed by atoms with Crippen LogP contribution in [0.5, 0.6) is 0 Å². The van der Waals surface area contributed by atoms with Gasteiger partial charge in [-0.2, -0.15) is 0 Å². The molecular weight excluding hydrogens is 304 g/mol. The van der Waals surface area contributed by atoms with Crippen molar-refractivity contribution in [2.45, 2.75) is 64.4 Å². The lowest BCUT2D eigenvalue weighted by Crippen LogP contribution is -2.14. The van der Waals surface area contributed by atoms with Gasteiger partial charge in [0.1, 0.15) is 0 Å². The van der Waals surface area contributed by atoms with Crippen molar-refractivity contribution in [3.63, 3.8) is 0 Å². The van der Waals surface area contributed by atoms with Crippen LogP contribution >= 0.6 is 0 Å². The van der Waals surface area contributed by atoms with Gasteiger partial charge < -0.3 is 10.2 Å². The van der Waals surface area contributed by atoms with E-state index >= 15 is 0 Å². The average molecular weight is 334 g/mol. The summed E-state index contributed by atoms with van der Waals surface area (Å²) in [6.45, 7) is 2.19. The van der Waals surface area contributed by atoms with E-state index in [1.54, 1.807) is 18.2 Å². The Kier molecular flexibility index (Phi) is 10.0. The third kappa shape index (κ3) is 8.25. The number of carboxylic acid groups (broad SMARTS) is 1. The van der Waals surface area contributed by atoms with E-state index in [0.717, 1.165) is 12.8 Å². The van der Waals surface area contributed by atoms with Crippen LogP contribution < -0.4 is 0 Å². The number of carbonyl (C=O) groups excluding carboxylic acids is 1. The van der Waals surface area contributed by atoms with Gasteiger partial charge in [0.05, 0.1) is 6.10 Å². The predicted octanol–water partition coefficient (Wildman–Crippen LogP) is 4.06. The second kappa shape index (κ2) is 11.8. The summed E-state index contributed by atoms with van der Waals surface area (Å²) in [5.74, 6) is -0.831. The van der Waals surface area contributed by atoms with Gasteiger partial charge in [-0.15, -0.1) is 0 Å². The first-order valence-electron chi connectivity index (χ1n) is 8.99. The smallest absolute Gasteiger partial charge is 0.303 e. The lowest BCUT2D eigenvalue weighted by molar-refractivity contribution is -0.137. The highest BCUT2D eigenvalue weighted by atomic mass is 16.4. The topological polar surface area (TPSA) is 74.6 Å². The Morgan fingerprint density at radius 2 is 2.08 bits per heavy atom. The van der Waals surface area contributed by atoms with Gasteiger partial charge in [0.2, 0.25) is 0 Å². The zero-order chi connectivity index (χ0) is 17.8. The molecule has 0 unspecified atom stereocenters. The summed E-state index contributed by atoms with van der Waals surface area (Å²) in [5.41, 5.74) is 0. The molecule has 4 nitrogen and oxygen atoms in total. The zero-order valence-corrected chi connectivity index (χ0v) is 14.6. The number of carbonyl (C=O) groups is 2. The molecule has 0 aliphatic heterocycles. The summed E-state index contributed by atoms with van der Waals surface area (Å²) in [6, 6.07) is 0. The lowest BCUT2D eigenvalue weighted by atomic mass is 9.90. The van der Waals surface area contributed by atoms with Crippen molar-refractivity contribution in [3.05, 3.63) is 36.5 Å². The van der Waals surface area contributed by atoms with Crippen LogP contribution in [-0.2, 0) is 9.59 Å². The number of carboxylic acids is 1. The van der Waals surface area contributed by atoms with Gasteiger partial charge in [-0.25, -0.2) is 0 Å². The number of hydrogen-bond acceptors (Lipinski definition) is 3. The molecule has 0 spiro atoms. The fourth-order valence-electron chi connectivity index (χ4n) is 2.81. The molecule has 0 amide bonds. The van der Waals surface area contributed by atoms with Crippen LogP contribution in [0.1, 0.15) is 58.3 Å². The van der Waals surface area contributed by atoms with Gasteiger partial charge in [0.15, 0.2) is 5.78 Å². The van der Waals surface area contributed by atoms with Crippen LogP contribution in [0.3, 0.4) is 0 Å². The minimum Gasteiger partial charge on any atom is -0.481 e. The molecule has 0 aromatic carbocycles. The summed E-state index contributed by atoms with van der Waals surface area (Å²) >= 11 is 0. The van der Waals surface area contributed by atoms with Gasteiger partial charge in [-0.3, -0.25) is 9.59 Å². The molecule has 2 N–H and O–H groups in total. The Labute approximate surface area is 145 Å². The van der Waals surface area contributed by atoms with Crippen molar-refractivity contribution in [1.82, 2.24) is 0 Å². The molecule has 4 heteroatoms. The largest absolute Gasteiger partial charge is 0.481 e. The Morgan fingerprint density at radius 1 is 1.29 bits per heavy atom. The summed E-state index contributed by atoms with van der Waals surface area (Å²) in [5, 5.41) is 18.5. The first kappa shape index (κ1) is 20.4. The average Bonchev–Trinajstić information content (AvgIpc) is 2.88. The van der Waals surface area contributed by atoms with Crippen LogP contribution in [-0.4, -0.2) is 28.1 Å². The van der Waals surface area contributed by atoms with E-state index in [-0.39, 0.29) is 24.0 Å². The highest BCUT2D eigenvalue weighted by Gasteiger charge is 2.26. The van der Waals surface area contributed by atoms with Gasteiger partial charge in [-0.05, 0) is 44.1 Å². The standard InChI is InChI=1S/C20H30O4/c1-2-3-4-5-6-7-9-16-12-15-19(22)18(16)14-13-17(21)10-8-11-20(23)24/h6-7,12-18,21H,2-5,8-11H2,1H3,(H,23,24)/b7-6-,14-13+/t16-,17+,18+/m0/s1. The summed E-state index contributed by atoms with van der Waals surface area (Å²) in [7, 11) is 0. The minimum atomic E-state index is -0.855. The summed E-state index contributed by atoms with van der Waals surface area (Å²) in [4.78, 5) is 22.4. The van der Waals surface area contributed by atoms with Crippen molar-refractivity contribution in [1.29, 1.82) is 0 Å². The molecule has 1 rings (SSSR count). The number of aliphatic hydroxyl groups excluding tert-OH is 1. The van der Waals surface area contributed by atoms with E-state index in [4.69, 9.17) is 5.11 Å². The lowest BCUT2D eigenvalue weighted by Gasteiger charge is -2.13. The number of hydrogen-bond donors (Lipinski definition) is 2. The fourth-order valence-corrected chi connectivity index (χ4v) is 2.81. The molecular formula is C20H30O4. The monoisotopic (exact) mass is 334 g/mol. The van der Waals surface area contributed by atoms with Crippen LogP contribution in [0.2, 0.25) is 0 Å². The Hall–Kier alpha value is -1.68. The molecule has 0 saturated carbocycles. The van der Waals surface area contributed by atoms with E-state index in [1.165, 1.54) is 19.3 Å². The van der Waals surface area contributed by atoms with Gasteiger partial charge in [-0.1, -0.05) is 50.1 Å². The highest BCUT2D eigenvalue weighted by Crippen LogP contribution is 2.27. The van der Waals surface area contributed by atoms with Gasteiger partial charge in [0, 0.05) is 12.3 Å². The SMILES string of the molecule is CCCCC/C=C\C[C@H]1C=CC(=O)[C@@H]1/C=C/[C@H](O)CCCC(=O)O. The molecule has 3 atom stereocenters. The molecule has 134 valence electrons. The molecule has 1 aliphatic rings. The van der Waals surface area contributed by atoms with Gasteiger partial charge in [0.25, 0.3) is 0 Å². The molecule has 0 heterocycles.